The fourth-order valence-corrected chi connectivity index (χ4v) is 3.01. The number of ether oxygens (including phenoxy) is 1. The lowest BCUT2D eigenvalue weighted by molar-refractivity contribution is -0.0513. The van der Waals surface area contributed by atoms with E-state index in [1.807, 2.05) is 0 Å². The topological polar surface area (TPSA) is 105 Å². The zero-order chi connectivity index (χ0) is 13.6. The molecule has 3 N–H and O–H groups in total. The van der Waals surface area contributed by atoms with Gasteiger partial charge in [0.15, 0.2) is 6.23 Å². The zero-order valence-corrected chi connectivity index (χ0v) is 10.5. The second-order valence-electron chi connectivity index (χ2n) is 4.36. The van der Waals surface area contributed by atoms with Gasteiger partial charge in [-0.2, -0.15) is 4.98 Å². The molecule has 3 heterocycles. The van der Waals surface area contributed by atoms with Crippen LogP contribution in [-0.2, 0) is 4.74 Å². The molecule has 4 atom stereocenters. The highest BCUT2D eigenvalue weighted by Crippen LogP contribution is 2.31. The molecule has 0 unspecified atom stereocenters. The number of hydrogen-bond donors (Lipinski definition) is 3. The van der Waals surface area contributed by atoms with E-state index in [1.54, 1.807) is 10.8 Å². The molecule has 0 saturated carbocycles. The summed E-state index contributed by atoms with van der Waals surface area (Å²) in [6, 6.07) is 0. The monoisotopic (exact) mass is 284 g/mol. The quantitative estimate of drug-likeness (QED) is 0.658. The lowest BCUT2D eigenvalue weighted by Gasteiger charge is -2.18. The van der Waals surface area contributed by atoms with Crippen molar-refractivity contribution in [3.05, 3.63) is 27.4 Å². The van der Waals surface area contributed by atoms with Crippen LogP contribution in [0.5, 0.6) is 0 Å². The van der Waals surface area contributed by atoms with Gasteiger partial charge in [-0.25, -0.2) is 0 Å². The van der Waals surface area contributed by atoms with E-state index in [9.17, 15) is 15.0 Å². The van der Waals surface area contributed by atoms with Crippen LogP contribution < -0.4 is 5.56 Å². The van der Waals surface area contributed by atoms with Crippen molar-refractivity contribution >= 4 is 22.2 Å². The van der Waals surface area contributed by atoms with Crippen molar-refractivity contribution < 1.29 is 20.1 Å². The van der Waals surface area contributed by atoms with Gasteiger partial charge in [0, 0.05) is 10.8 Å². The molecule has 2 aromatic heterocycles. The molecule has 1 saturated heterocycles. The fraction of sp³-hybridized carbons (Fsp3) is 0.455. The van der Waals surface area contributed by atoms with Crippen LogP contribution in [-0.4, -0.2) is 49.8 Å². The highest BCUT2D eigenvalue weighted by atomic mass is 32.1. The summed E-state index contributed by atoms with van der Waals surface area (Å²) >= 11 is 1.34. The van der Waals surface area contributed by atoms with Gasteiger partial charge in [-0.15, -0.1) is 11.3 Å². The Morgan fingerprint density at radius 3 is 2.84 bits per heavy atom. The molecule has 0 aromatic carbocycles. The van der Waals surface area contributed by atoms with Crippen LogP contribution in [0, 0.1) is 0 Å². The van der Waals surface area contributed by atoms with Gasteiger partial charge in [0.25, 0.3) is 5.56 Å². The van der Waals surface area contributed by atoms with Crippen molar-refractivity contribution in [2.24, 2.45) is 0 Å². The number of hydrogen-bond acceptors (Lipinski definition) is 7. The number of rotatable bonds is 2. The van der Waals surface area contributed by atoms with E-state index in [4.69, 9.17) is 9.84 Å². The first kappa shape index (κ1) is 12.7. The summed E-state index contributed by atoms with van der Waals surface area (Å²) in [6.45, 7) is -0.394. The predicted molar refractivity (Wildman–Crippen MR) is 66.9 cm³/mol. The molecule has 2 aromatic rings. The number of aliphatic hydroxyl groups is 3. The van der Waals surface area contributed by atoms with E-state index >= 15 is 0 Å². The second-order valence-corrected chi connectivity index (χ2v) is 5.10. The van der Waals surface area contributed by atoms with E-state index < -0.39 is 31.1 Å². The van der Waals surface area contributed by atoms with Crippen LogP contribution in [0.25, 0.3) is 10.9 Å². The van der Waals surface area contributed by atoms with Gasteiger partial charge in [-0.05, 0) is 0 Å². The van der Waals surface area contributed by atoms with Gasteiger partial charge in [0.2, 0.25) is 0 Å². The zero-order valence-electron chi connectivity index (χ0n) is 9.71. The predicted octanol–water partition coefficient (Wildman–Crippen LogP) is -0.931. The van der Waals surface area contributed by atoms with Gasteiger partial charge in [-0.3, -0.25) is 4.79 Å². The van der Waals surface area contributed by atoms with E-state index in [0.29, 0.717) is 10.9 Å². The smallest absolute Gasteiger partial charge is 0.281 e. The normalized spacial score (nSPS) is 31.1. The lowest BCUT2D eigenvalue weighted by Crippen LogP contribution is -2.33. The lowest BCUT2D eigenvalue weighted by atomic mass is 10.1. The fourth-order valence-electron chi connectivity index (χ4n) is 2.21. The minimum atomic E-state index is -1.19. The summed E-state index contributed by atoms with van der Waals surface area (Å²) < 4.78 is 6.91. The molecule has 1 aliphatic rings. The van der Waals surface area contributed by atoms with Crippen LogP contribution in [0.1, 0.15) is 6.23 Å². The first-order valence-electron chi connectivity index (χ1n) is 5.69. The van der Waals surface area contributed by atoms with Gasteiger partial charge < -0.3 is 24.6 Å². The number of fused-ring (bicyclic) bond motifs is 1. The summed E-state index contributed by atoms with van der Waals surface area (Å²) in [5, 5.41) is 32.6. The molecule has 0 aliphatic carbocycles. The molecule has 8 heteroatoms. The standard InChI is InChI=1S/C11H12N2O5S/c14-1-7-8(15)9(16)11(18-7)13-4-12-10(17)5-2-19-3-6(5)13/h2-4,7-9,11,14-16H,1H2/t7-,8-,9-,11-/m1/s1. The Labute approximate surface area is 111 Å². The van der Waals surface area contributed by atoms with Crippen LogP contribution >= 0.6 is 11.3 Å². The molecule has 102 valence electrons. The Kier molecular flexibility index (Phi) is 3.11. The first-order chi connectivity index (χ1) is 9.13. The Bertz CT molecular complexity index is 654. The SMILES string of the molecule is O=c1ncn([C@@H]2O[C@H](CO)[C@@H](O)[C@H]2O)c2cscc12. The summed E-state index contributed by atoms with van der Waals surface area (Å²) in [5.41, 5.74) is 0.235. The number of thiophene rings is 1. The summed E-state index contributed by atoms with van der Waals surface area (Å²) in [4.78, 5) is 15.3. The van der Waals surface area contributed by atoms with Gasteiger partial charge >= 0.3 is 0 Å². The molecule has 19 heavy (non-hydrogen) atoms. The third-order valence-electron chi connectivity index (χ3n) is 3.24. The van der Waals surface area contributed by atoms with Crippen molar-refractivity contribution in [2.75, 3.05) is 6.61 Å². The number of aliphatic hydroxyl groups excluding tert-OH is 3. The molecule has 0 amide bonds. The molecular weight excluding hydrogens is 272 g/mol. The third-order valence-corrected chi connectivity index (χ3v) is 3.97. The maximum absolute atomic E-state index is 11.6. The molecule has 3 rings (SSSR count). The minimum absolute atomic E-state index is 0.348. The summed E-state index contributed by atoms with van der Waals surface area (Å²) in [5.74, 6) is 0. The van der Waals surface area contributed by atoms with Gasteiger partial charge in [-0.1, -0.05) is 0 Å². The largest absolute Gasteiger partial charge is 0.394 e. The molecule has 7 nitrogen and oxygen atoms in total. The summed E-state index contributed by atoms with van der Waals surface area (Å²) in [6.07, 6.45) is -2.82. The molecule has 0 radical (unpaired) electrons. The molecule has 0 spiro atoms. The van der Waals surface area contributed by atoms with Crippen molar-refractivity contribution in [2.45, 2.75) is 24.5 Å². The van der Waals surface area contributed by atoms with Gasteiger partial charge in [0.05, 0.1) is 17.5 Å². The van der Waals surface area contributed by atoms with Gasteiger partial charge in [0.1, 0.15) is 24.6 Å². The van der Waals surface area contributed by atoms with E-state index in [2.05, 4.69) is 4.98 Å². The average molecular weight is 284 g/mol. The average Bonchev–Trinajstić information content (AvgIpc) is 2.99. The highest BCUT2D eigenvalue weighted by molar-refractivity contribution is 7.09. The molecule has 1 fully saturated rings. The first-order valence-corrected chi connectivity index (χ1v) is 6.63. The minimum Gasteiger partial charge on any atom is -0.394 e. The van der Waals surface area contributed by atoms with Crippen LogP contribution in [0.2, 0.25) is 0 Å². The number of nitrogens with zero attached hydrogens (tertiary/aromatic N) is 2. The van der Waals surface area contributed by atoms with Crippen LogP contribution in [0.3, 0.4) is 0 Å². The Balaban J connectivity index is 2.08. The Hall–Kier alpha value is -1.32. The second kappa shape index (κ2) is 4.66. The van der Waals surface area contributed by atoms with Crippen molar-refractivity contribution in [3.63, 3.8) is 0 Å². The van der Waals surface area contributed by atoms with E-state index in [0.717, 1.165) is 0 Å². The summed E-state index contributed by atoms with van der Waals surface area (Å²) in [7, 11) is 0. The highest BCUT2D eigenvalue weighted by Gasteiger charge is 2.43. The Morgan fingerprint density at radius 1 is 1.37 bits per heavy atom. The maximum Gasteiger partial charge on any atom is 0.281 e. The van der Waals surface area contributed by atoms with Crippen molar-refractivity contribution in [1.82, 2.24) is 9.55 Å². The van der Waals surface area contributed by atoms with Crippen molar-refractivity contribution in [3.8, 4) is 0 Å². The number of aromatic nitrogens is 2. The molecular formula is C11H12N2O5S. The van der Waals surface area contributed by atoms with E-state index in [1.165, 1.54) is 22.2 Å². The maximum atomic E-state index is 11.6. The Morgan fingerprint density at radius 2 is 2.16 bits per heavy atom. The van der Waals surface area contributed by atoms with Crippen LogP contribution in [0.15, 0.2) is 21.9 Å². The molecule has 1 aliphatic heterocycles. The van der Waals surface area contributed by atoms with Crippen LogP contribution in [0.4, 0.5) is 0 Å². The third kappa shape index (κ3) is 1.88. The molecule has 0 bridgehead atoms. The van der Waals surface area contributed by atoms with Crippen molar-refractivity contribution in [1.29, 1.82) is 0 Å². The van der Waals surface area contributed by atoms with E-state index in [-0.39, 0.29) is 5.56 Å².